The number of rotatable bonds is 6. The lowest BCUT2D eigenvalue weighted by Gasteiger charge is -2.21. The van der Waals surface area contributed by atoms with Crippen molar-refractivity contribution in [3.05, 3.63) is 77.9 Å². The van der Waals surface area contributed by atoms with Crippen LogP contribution < -0.4 is 4.90 Å². The molecule has 4 rings (SSSR count). The molecule has 2 N–H and O–H groups in total. The van der Waals surface area contributed by atoms with Crippen LogP contribution in [0.2, 0.25) is 0 Å². The van der Waals surface area contributed by atoms with E-state index in [9.17, 15) is 9.90 Å². The van der Waals surface area contributed by atoms with Crippen LogP contribution in [0, 0.1) is 0 Å². The van der Waals surface area contributed by atoms with Crippen molar-refractivity contribution in [2.45, 2.75) is 13.8 Å². The second kappa shape index (κ2) is 7.80. The van der Waals surface area contributed by atoms with E-state index in [1.54, 1.807) is 24.3 Å². The van der Waals surface area contributed by atoms with Gasteiger partial charge in [0, 0.05) is 36.0 Å². The molecule has 0 aliphatic heterocycles. The highest BCUT2D eigenvalue weighted by Gasteiger charge is 2.14. The van der Waals surface area contributed by atoms with E-state index >= 15 is 0 Å². The average Bonchev–Trinajstić information content (AvgIpc) is 3.18. The van der Waals surface area contributed by atoms with Crippen LogP contribution in [-0.4, -0.2) is 33.9 Å². The predicted molar refractivity (Wildman–Crippen MR) is 117 cm³/mol. The van der Waals surface area contributed by atoms with E-state index in [1.165, 1.54) is 0 Å². The molecule has 29 heavy (non-hydrogen) atoms. The standard InChI is InChI=1S/C24H23N3O2/c1-3-27(4-2)18-11-12-19(22(28)15-18)24-25-20-13-10-17(14-21(20)26-24)23(29)16-8-6-5-7-9-16/h5-15,28H,3-4H2,1-2H3,(H,25,26). The lowest BCUT2D eigenvalue weighted by atomic mass is 10.0. The molecule has 0 atom stereocenters. The Kier molecular flexibility index (Phi) is 5.04. The van der Waals surface area contributed by atoms with Gasteiger partial charge in [0.05, 0.1) is 16.6 Å². The second-order valence-electron chi connectivity index (χ2n) is 6.89. The van der Waals surface area contributed by atoms with Crippen molar-refractivity contribution in [3.63, 3.8) is 0 Å². The Morgan fingerprint density at radius 2 is 1.72 bits per heavy atom. The number of phenolic OH excluding ortho intramolecular Hbond substituents is 1. The molecule has 0 fully saturated rings. The zero-order valence-electron chi connectivity index (χ0n) is 16.5. The van der Waals surface area contributed by atoms with Gasteiger partial charge in [-0.1, -0.05) is 30.3 Å². The van der Waals surface area contributed by atoms with E-state index in [0.29, 0.717) is 22.5 Å². The van der Waals surface area contributed by atoms with Crippen LogP contribution in [-0.2, 0) is 0 Å². The van der Waals surface area contributed by atoms with Crippen molar-refractivity contribution < 1.29 is 9.90 Å². The molecule has 0 saturated carbocycles. The summed E-state index contributed by atoms with van der Waals surface area (Å²) >= 11 is 0. The number of aromatic hydroxyl groups is 1. The van der Waals surface area contributed by atoms with Crippen LogP contribution in [0.25, 0.3) is 22.4 Å². The topological polar surface area (TPSA) is 69.2 Å². The number of aromatic nitrogens is 2. The number of hydrogen-bond acceptors (Lipinski definition) is 4. The van der Waals surface area contributed by atoms with E-state index in [0.717, 1.165) is 29.8 Å². The van der Waals surface area contributed by atoms with Crippen molar-refractivity contribution in [2.24, 2.45) is 0 Å². The Labute approximate surface area is 169 Å². The van der Waals surface area contributed by atoms with E-state index in [4.69, 9.17) is 0 Å². The van der Waals surface area contributed by atoms with E-state index in [2.05, 4.69) is 28.7 Å². The summed E-state index contributed by atoms with van der Waals surface area (Å²) in [5.41, 5.74) is 4.36. The molecule has 1 aromatic heterocycles. The fourth-order valence-electron chi connectivity index (χ4n) is 3.54. The van der Waals surface area contributed by atoms with Crippen molar-refractivity contribution >= 4 is 22.5 Å². The Balaban J connectivity index is 1.69. The average molecular weight is 385 g/mol. The number of nitrogens with one attached hydrogen (secondary N) is 1. The third-order valence-electron chi connectivity index (χ3n) is 5.15. The van der Waals surface area contributed by atoms with Gasteiger partial charge in [-0.15, -0.1) is 0 Å². The van der Waals surface area contributed by atoms with E-state index < -0.39 is 0 Å². The lowest BCUT2D eigenvalue weighted by Crippen LogP contribution is -2.21. The fourth-order valence-corrected chi connectivity index (χ4v) is 3.54. The van der Waals surface area contributed by atoms with Crippen LogP contribution in [0.5, 0.6) is 5.75 Å². The smallest absolute Gasteiger partial charge is 0.193 e. The molecule has 146 valence electrons. The van der Waals surface area contributed by atoms with Crippen LogP contribution >= 0.6 is 0 Å². The highest BCUT2D eigenvalue weighted by molar-refractivity contribution is 6.10. The molecule has 1 heterocycles. The number of fused-ring (bicyclic) bond motifs is 1. The molecule has 0 radical (unpaired) electrons. The Bertz CT molecular complexity index is 1160. The molecule has 0 aliphatic rings. The van der Waals surface area contributed by atoms with Crippen molar-refractivity contribution in [2.75, 3.05) is 18.0 Å². The van der Waals surface area contributed by atoms with Crippen molar-refractivity contribution in [1.29, 1.82) is 0 Å². The van der Waals surface area contributed by atoms with Gasteiger partial charge in [0.2, 0.25) is 0 Å². The first-order valence-corrected chi connectivity index (χ1v) is 9.78. The van der Waals surface area contributed by atoms with Gasteiger partial charge in [-0.2, -0.15) is 0 Å². The lowest BCUT2D eigenvalue weighted by molar-refractivity contribution is 0.103. The normalized spacial score (nSPS) is 11.0. The first-order chi connectivity index (χ1) is 14.1. The summed E-state index contributed by atoms with van der Waals surface area (Å²) in [4.78, 5) is 22.7. The number of ketones is 1. The maximum Gasteiger partial charge on any atom is 0.193 e. The quantitative estimate of drug-likeness (QED) is 0.458. The van der Waals surface area contributed by atoms with Gasteiger partial charge >= 0.3 is 0 Å². The van der Waals surface area contributed by atoms with Crippen molar-refractivity contribution in [3.8, 4) is 17.1 Å². The van der Waals surface area contributed by atoms with Crippen LogP contribution in [0.15, 0.2) is 66.7 Å². The number of benzene rings is 3. The Morgan fingerprint density at radius 3 is 2.41 bits per heavy atom. The SMILES string of the molecule is CCN(CC)c1ccc(-c2nc3ccc(C(=O)c4ccccc4)cc3[nH]2)c(O)c1. The van der Waals surface area contributed by atoms with E-state index in [1.807, 2.05) is 42.5 Å². The molecule has 3 aromatic carbocycles. The Hall–Kier alpha value is -3.60. The zero-order valence-corrected chi connectivity index (χ0v) is 16.5. The molecule has 0 saturated heterocycles. The number of aromatic amines is 1. The zero-order chi connectivity index (χ0) is 20.4. The fraction of sp³-hybridized carbons (Fsp3) is 0.167. The molecular weight excluding hydrogens is 362 g/mol. The Morgan fingerprint density at radius 1 is 0.966 bits per heavy atom. The van der Waals surface area contributed by atoms with Crippen LogP contribution in [0.1, 0.15) is 29.8 Å². The highest BCUT2D eigenvalue weighted by Crippen LogP contribution is 2.32. The molecule has 0 aliphatic carbocycles. The van der Waals surface area contributed by atoms with Gasteiger partial charge < -0.3 is 15.0 Å². The number of phenols is 1. The monoisotopic (exact) mass is 385 g/mol. The van der Waals surface area contributed by atoms with Crippen molar-refractivity contribution in [1.82, 2.24) is 9.97 Å². The molecule has 0 amide bonds. The second-order valence-corrected chi connectivity index (χ2v) is 6.89. The number of carbonyl (C=O) groups excluding carboxylic acids is 1. The maximum absolute atomic E-state index is 12.7. The molecule has 0 spiro atoms. The molecular formula is C24H23N3O2. The summed E-state index contributed by atoms with van der Waals surface area (Å²) in [6.07, 6.45) is 0. The van der Waals surface area contributed by atoms with Crippen LogP contribution in [0.3, 0.4) is 0 Å². The first-order valence-electron chi connectivity index (χ1n) is 9.78. The summed E-state index contributed by atoms with van der Waals surface area (Å²) in [6.45, 7) is 5.92. The minimum Gasteiger partial charge on any atom is -0.507 e. The molecule has 5 nitrogen and oxygen atoms in total. The van der Waals surface area contributed by atoms with Gasteiger partial charge in [-0.05, 0) is 44.2 Å². The van der Waals surface area contributed by atoms with Crippen LogP contribution in [0.4, 0.5) is 5.69 Å². The summed E-state index contributed by atoms with van der Waals surface area (Å²) < 4.78 is 0. The third-order valence-corrected chi connectivity index (χ3v) is 5.15. The highest BCUT2D eigenvalue weighted by atomic mass is 16.3. The predicted octanol–water partition coefficient (Wildman–Crippen LogP) is 5.01. The summed E-state index contributed by atoms with van der Waals surface area (Å²) in [7, 11) is 0. The largest absolute Gasteiger partial charge is 0.507 e. The summed E-state index contributed by atoms with van der Waals surface area (Å²) in [6, 6.07) is 20.2. The molecule has 5 heteroatoms. The van der Waals surface area contributed by atoms with E-state index in [-0.39, 0.29) is 11.5 Å². The molecule has 0 bridgehead atoms. The summed E-state index contributed by atoms with van der Waals surface area (Å²) in [5.74, 6) is 0.719. The minimum atomic E-state index is -0.0323. The minimum absolute atomic E-state index is 0.0323. The number of carbonyl (C=O) groups is 1. The van der Waals surface area contributed by atoms with Gasteiger partial charge in [0.1, 0.15) is 11.6 Å². The van der Waals surface area contributed by atoms with Gasteiger partial charge in [0.15, 0.2) is 5.78 Å². The summed E-state index contributed by atoms with van der Waals surface area (Å²) in [5, 5.41) is 10.6. The number of anilines is 1. The number of H-pyrrole nitrogens is 1. The molecule has 0 unspecified atom stereocenters. The number of hydrogen-bond donors (Lipinski definition) is 2. The number of nitrogens with zero attached hydrogens (tertiary/aromatic N) is 2. The van der Waals surface area contributed by atoms with Gasteiger partial charge in [-0.25, -0.2) is 4.98 Å². The van der Waals surface area contributed by atoms with Gasteiger partial charge in [0.25, 0.3) is 0 Å². The van der Waals surface area contributed by atoms with Gasteiger partial charge in [-0.3, -0.25) is 4.79 Å². The third kappa shape index (κ3) is 3.59. The number of imidazole rings is 1. The maximum atomic E-state index is 12.7. The molecule has 4 aromatic rings. The first kappa shape index (κ1) is 18.7.